The average molecular weight is 218 g/mol. The Morgan fingerprint density at radius 2 is 1.93 bits per heavy atom. The zero-order chi connectivity index (χ0) is 11.1. The van der Waals surface area contributed by atoms with Crippen molar-refractivity contribution in [2.45, 2.75) is 26.0 Å². The van der Waals surface area contributed by atoms with Crippen molar-refractivity contribution in [2.24, 2.45) is 11.3 Å². The monoisotopic (exact) mass is 218 g/mol. The molecule has 0 bridgehead atoms. The Labute approximate surface area is 83.8 Å². The number of carbonyl (C=O) groups excluding carboxylic acids is 1. The Bertz CT molecular complexity index is 378. The first-order valence-corrected chi connectivity index (χ1v) is 5.86. The summed E-state index contributed by atoms with van der Waals surface area (Å²) in [5.41, 5.74) is -0.349. The highest BCUT2D eigenvalue weighted by atomic mass is 32.2. The largest absolute Gasteiger partial charge is 0.297 e. The van der Waals surface area contributed by atoms with Crippen LogP contribution in [0.25, 0.3) is 0 Å². The highest BCUT2D eigenvalue weighted by molar-refractivity contribution is 7.87. The van der Waals surface area contributed by atoms with Gasteiger partial charge in [0.1, 0.15) is 0 Å². The minimum atomic E-state index is -4.29. The lowest BCUT2D eigenvalue weighted by Gasteiger charge is -2.32. The molecule has 0 aromatic heterocycles. The molecule has 1 rings (SSSR count). The van der Waals surface area contributed by atoms with Gasteiger partial charge in [-0.15, -0.1) is 0 Å². The smallest absolute Gasteiger partial charge is 0.278 e. The first-order chi connectivity index (χ1) is 6.16. The molecule has 1 aliphatic carbocycles. The molecular formula is C9H14O4S. The third-order valence-corrected chi connectivity index (χ3v) is 3.88. The Morgan fingerprint density at radius 1 is 1.43 bits per heavy atom. The van der Waals surface area contributed by atoms with Gasteiger partial charge in [-0.05, 0) is 5.41 Å². The number of rotatable bonds is 1. The molecule has 4 nitrogen and oxygen atoms in total. The van der Waals surface area contributed by atoms with Gasteiger partial charge < -0.3 is 0 Å². The lowest BCUT2D eigenvalue weighted by atomic mass is 9.73. The quantitative estimate of drug-likeness (QED) is 0.527. The van der Waals surface area contributed by atoms with Gasteiger partial charge in [-0.1, -0.05) is 32.9 Å². The average Bonchev–Trinajstić information content (AvgIpc) is 1.97. The Morgan fingerprint density at radius 3 is 2.36 bits per heavy atom. The minimum absolute atomic E-state index is 0.349. The summed E-state index contributed by atoms with van der Waals surface area (Å²) < 4.78 is 30.5. The second kappa shape index (κ2) is 3.17. The zero-order valence-electron chi connectivity index (χ0n) is 8.39. The van der Waals surface area contributed by atoms with Crippen molar-refractivity contribution in [3.8, 4) is 0 Å². The van der Waals surface area contributed by atoms with Gasteiger partial charge in [0, 0.05) is 5.92 Å². The van der Waals surface area contributed by atoms with Crippen LogP contribution in [0.1, 0.15) is 20.8 Å². The van der Waals surface area contributed by atoms with Gasteiger partial charge in [0.05, 0.1) is 0 Å². The maximum absolute atomic E-state index is 11.6. The van der Waals surface area contributed by atoms with Gasteiger partial charge in [0.15, 0.2) is 11.0 Å². The predicted molar refractivity (Wildman–Crippen MR) is 52.4 cm³/mol. The summed E-state index contributed by atoms with van der Waals surface area (Å²) in [6.45, 7) is 5.38. The summed E-state index contributed by atoms with van der Waals surface area (Å²) in [6.07, 6.45) is 2.93. The van der Waals surface area contributed by atoms with Crippen molar-refractivity contribution >= 4 is 15.9 Å². The Hall–Kier alpha value is -0.680. The van der Waals surface area contributed by atoms with E-state index in [0.717, 1.165) is 0 Å². The lowest BCUT2D eigenvalue weighted by Crippen LogP contribution is -2.41. The van der Waals surface area contributed by atoms with E-state index >= 15 is 0 Å². The number of carbonyl (C=O) groups is 1. The second-order valence-electron chi connectivity index (χ2n) is 4.24. The van der Waals surface area contributed by atoms with Crippen molar-refractivity contribution in [3.63, 3.8) is 0 Å². The Balaban J connectivity index is 3.16. The molecule has 0 saturated carbocycles. The summed E-state index contributed by atoms with van der Waals surface area (Å²) in [7, 11) is -4.29. The van der Waals surface area contributed by atoms with Gasteiger partial charge in [-0.2, -0.15) is 8.42 Å². The first-order valence-electron chi connectivity index (χ1n) is 4.35. The highest BCUT2D eigenvalue weighted by Crippen LogP contribution is 2.34. The fourth-order valence-corrected chi connectivity index (χ4v) is 2.21. The highest BCUT2D eigenvalue weighted by Gasteiger charge is 2.41. The minimum Gasteiger partial charge on any atom is -0.297 e. The van der Waals surface area contributed by atoms with Gasteiger partial charge in [-0.25, -0.2) is 0 Å². The van der Waals surface area contributed by atoms with Crippen LogP contribution in [0, 0.1) is 11.3 Å². The molecule has 5 heteroatoms. The van der Waals surface area contributed by atoms with Crippen LogP contribution in [-0.4, -0.2) is 24.0 Å². The van der Waals surface area contributed by atoms with E-state index in [2.05, 4.69) is 0 Å². The summed E-state index contributed by atoms with van der Waals surface area (Å²) in [6, 6.07) is 0. The van der Waals surface area contributed by atoms with E-state index in [1.54, 1.807) is 13.0 Å². The van der Waals surface area contributed by atoms with E-state index in [-0.39, 0.29) is 5.41 Å². The molecule has 0 aliphatic heterocycles. The van der Waals surface area contributed by atoms with Crippen LogP contribution >= 0.6 is 0 Å². The normalized spacial score (nSPS) is 31.9. The van der Waals surface area contributed by atoms with Gasteiger partial charge >= 0.3 is 0 Å². The van der Waals surface area contributed by atoms with Gasteiger partial charge in [0.25, 0.3) is 10.1 Å². The molecule has 1 N–H and O–H groups in total. The van der Waals surface area contributed by atoms with E-state index in [1.165, 1.54) is 6.08 Å². The lowest BCUT2D eigenvalue weighted by molar-refractivity contribution is -0.124. The third kappa shape index (κ3) is 1.88. The van der Waals surface area contributed by atoms with E-state index in [1.807, 2.05) is 13.8 Å². The van der Waals surface area contributed by atoms with Crippen LogP contribution < -0.4 is 0 Å². The molecule has 80 valence electrons. The molecule has 0 aromatic rings. The van der Waals surface area contributed by atoms with Crippen molar-refractivity contribution < 1.29 is 17.8 Å². The SMILES string of the molecule is CC1C(=O)C(S(=O)(=O)O)C=CC1(C)C. The molecule has 2 atom stereocenters. The van der Waals surface area contributed by atoms with Crippen molar-refractivity contribution in [3.05, 3.63) is 12.2 Å². The summed E-state index contributed by atoms with van der Waals surface area (Å²) >= 11 is 0. The third-order valence-electron chi connectivity index (χ3n) is 2.84. The van der Waals surface area contributed by atoms with E-state index < -0.39 is 27.1 Å². The van der Waals surface area contributed by atoms with Crippen LogP contribution in [0.3, 0.4) is 0 Å². The molecule has 0 spiro atoms. The molecule has 2 unspecified atom stereocenters. The van der Waals surface area contributed by atoms with E-state index in [4.69, 9.17) is 4.55 Å². The summed E-state index contributed by atoms with van der Waals surface area (Å²) in [5, 5.41) is -1.38. The molecule has 0 radical (unpaired) electrons. The molecule has 0 aromatic carbocycles. The molecular weight excluding hydrogens is 204 g/mol. The fraction of sp³-hybridized carbons (Fsp3) is 0.667. The Kier molecular flexibility index (Phi) is 2.58. The van der Waals surface area contributed by atoms with Crippen LogP contribution in [0.2, 0.25) is 0 Å². The first kappa shape index (κ1) is 11.4. The molecule has 0 amide bonds. The van der Waals surface area contributed by atoms with Crippen LogP contribution in [0.15, 0.2) is 12.2 Å². The number of Topliss-reactive ketones (excluding diaryl/α,β-unsaturated/α-hetero) is 1. The number of hydrogen-bond acceptors (Lipinski definition) is 3. The van der Waals surface area contributed by atoms with Crippen LogP contribution in [-0.2, 0) is 14.9 Å². The topological polar surface area (TPSA) is 71.4 Å². The van der Waals surface area contributed by atoms with Crippen molar-refractivity contribution in [2.75, 3.05) is 0 Å². The van der Waals surface area contributed by atoms with Gasteiger partial charge in [-0.3, -0.25) is 9.35 Å². The summed E-state index contributed by atoms with van der Waals surface area (Å²) in [4.78, 5) is 11.6. The van der Waals surface area contributed by atoms with E-state index in [9.17, 15) is 13.2 Å². The standard InChI is InChI=1S/C9H14O4S/c1-6-8(10)7(14(11,12)13)4-5-9(6,2)3/h4-7H,1-3H3,(H,11,12,13). The molecule has 14 heavy (non-hydrogen) atoms. The fourth-order valence-electron chi connectivity index (χ4n) is 1.43. The molecule has 0 fully saturated rings. The van der Waals surface area contributed by atoms with E-state index in [0.29, 0.717) is 0 Å². The summed E-state index contributed by atoms with van der Waals surface area (Å²) in [5.74, 6) is -0.848. The number of ketones is 1. The van der Waals surface area contributed by atoms with Crippen molar-refractivity contribution in [1.29, 1.82) is 0 Å². The number of hydrogen-bond donors (Lipinski definition) is 1. The predicted octanol–water partition coefficient (Wildman–Crippen LogP) is 1.04. The maximum Gasteiger partial charge on any atom is 0.278 e. The second-order valence-corrected chi connectivity index (χ2v) is 5.78. The number of allylic oxidation sites excluding steroid dienone is 1. The zero-order valence-corrected chi connectivity index (χ0v) is 9.21. The van der Waals surface area contributed by atoms with Crippen molar-refractivity contribution in [1.82, 2.24) is 0 Å². The van der Waals surface area contributed by atoms with Crippen LogP contribution in [0.5, 0.6) is 0 Å². The molecule has 0 saturated heterocycles. The molecule has 1 aliphatic rings. The molecule has 0 heterocycles. The van der Waals surface area contributed by atoms with Gasteiger partial charge in [0.2, 0.25) is 0 Å². The van der Waals surface area contributed by atoms with Crippen LogP contribution in [0.4, 0.5) is 0 Å². The maximum atomic E-state index is 11.6.